The van der Waals surface area contributed by atoms with Crippen LogP contribution in [0, 0.1) is 0 Å². The lowest BCUT2D eigenvalue weighted by Gasteiger charge is -2.29. The number of carbonyl (C=O) groups excluding carboxylic acids is 1. The zero-order valence-electron chi connectivity index (χ0n) is 16.0. The highest BCUT2D eigenvalue weighted by atomic mass is 35.5. The van der Waals surface area contributed by atoms with Gasteiger partial charge < -0.3 is 14.9 Å². The Morgan fingerprint density at radius 1 is 1.19 bits per heavy atom. The third kappa shape index (κ3) is 5.09. The molecule has 1 aliphatic rings. The van der Waals surface area contributed by atoms with Crippen molar-refractivity contribution in [3.63, 3.8) is 0 Å². The fourth-order valence-electron chi connectivity index (χ4n) is 3.11. The van der Waals surface area contributed by atoms with E-state index < -0.39 is 18.2 Å². The smallest absolute Gasteiger partial charge is 0.375 e. The molecule has 1 heterocycles. The van der Waals surface area contributed by atoms with E-state index in [1.54, 1.807) is 6.07 Å². The number of halogens is 6. The Kier molecular flexibility index (Phi) is 7.05. The van der Waals surface area contributed by atoms with Gasteiger partial charge in [-0.15, -0.1) is 0 Å². The van der Waals surface area contributed by atoms with Crippen molar-refractivity contribution in [3.05, 3.63) is 68.2 Å². The van der Waals surface area contributed by atoms with E-state index in [-0.39, 0.29) is 40.4 Å². The molecule has 1 atom stereocenters. The monoisotopic (exact) mass is 494 g/mol. The number of methoxy groups -OCH3 is 1. The zero-order chi connectivity index (χ0) is 22.8. The number of ether oxygens (including phenoxy) is 1. The number of benzene rings is 2. The second kappa shape index (κ2) is 9.24. The molecule has 166 valence electrons. The fourth-order valence-corrected chi connectivity index (χ4v) is 3.82. The van der Waals surface area contributed by atoms with E-state index in [9.17, 15) is 18.0 Å². The van der Waals surface area contributed by atoms with Crippen molar-refractivity contribution in [1.82, 2.24) is 5.32 Å². The van der Waals surface area contributed by atoms with Gasteiger partial charge in [-0.25, -0.2) is 0 Å². The minimum atomic E-state index is -4.80. The van der Waals surface area contributed by atoms with Crippen molar-refractivity contribution in [3.8, 4) is 0 Å². The van der Waals surface area contributed by atoms with Gasteiger partial charge >= 0.3 is 6.18 Å². The minimum Gasteiger partial charge on any atom is -0.375 e. The third-order valence-corrected chi connectivity index (χ3v) is 5.45. The SMILES string of the molecule is COCC(=O)NCc1cc(C2=NOC(c3cc(Cl)cc(Cl)c3)(C(F)(F)F)C2)ccc1Cl. The van der Waals surface area contributed by atoms with Gasteiger partial charge in [-0.2, -0.15) is 13.2 Å². The molecule has 31 heavy (non-hydrogen) atoms. The Morgan fingerprint density at radius 3 is 2.48 bits per heavy atom. The van der Waals surface area contributed by atoms with Gasteiger partial charge in [0.05, 0.1) is 5.71 Å². The Bertz CT molecular complexity index is 1010. The van der Waals surface area contributed by atoms with Crippen LogP contribution in [0.15, 0.2) is 41.6 Å². The first-order valence-corrected chi connectivity index (χ1v) is 10.0. The van der Waals surface area contributed by atoms with Gasteiger partial charge in [-0.3, -0.25) is 4.79 Å². The number of nitrogens with one attached hydrogen (secondary N) is 1. The Balaban J connectivity index is 1.90. The summed E-state index contributed by atoms with van der Waals surface area (Å²) in [4.78, 5) is 16.6. The highest BCUT2D eigenvalue weighted by Gasteiger charge is 2.62. The summed E-state index contributed by atoms with van der Waals surface area (Å²) in [5.41, 5.74) is -2.04. The first kappa shape index (κ1) is 23.7. The summed E-state index contributed by atoms with van der Waals surface area (Å²) in [6.45, 7) is -0.0640. The summed E-state index contributed by atoms with van der Waals surface area (Å²) in [5, 5.41) is 6.75. The first-order valence-electron chi connectivity index (χ1n) is 8.88. The minimum absolute atomic E-state index is 0.0451. The lowest BCUT2D eigenvalue weighted by molar-refractivity contribution is -0.275. The second-order valence-corrected chi connectivity index (χ2v) is 8.08. The molecule has 1 aliphatic heterocycles. The summed E-state index contributed by atoms with van der Waals surface area (Å²) >= 11 is 18.0. The maximum atomic E-state index is 14.1. The number of nitrogens with zero attached hydrogens (tertiary/aromatic N) is 1. The van der Waals surface area contributed by atoms with E-state index in [2.05, 4.69) is 10.5 Å². The van der Waals surface area contributed by atoms with Gasteiger partial charge in [0.1, 0.15) is 6.61 Å². The predicted molar refractivity (Wildman–Crippen MR) is 112 cm³/mol. The molecular weight excluding hydrogens is 480 g/mol. The normalized spacial score (nSPS) is 18.5. The van der Waals surface area contributed by atoms with Crippen molar-refractivity contribution in [1.29, 1.82) is 0 Å². The predicted octanol–water partition coefficient (Wildman–Crippen LogP) is 5.49. The number of hydrogen-bond acceptors (Lipinski definition) is 4. The number of carbonyl (C=O) groups is 1. The topological polar surface area (TPSA) is 59.9 Å². The molecule has 1 unspecified atom stereocenters. The maximum absolute atomic E-state index is 14.1. The summed E-state index contributed by atoms with van der Waals surface area (Å²) in [7, 11) is 1.38. The van der Waals surface area contributed by atoms with E-state index >= 15 is 0 Å². The molecule has 5 nitrogen and oxygen atoms in total. The van der Waals surface area contributed by atoms with Crippen molar-refractivity contribution in [2.24, 2.45) is 5.16 Å². The highest BCUT2D eigenvalue weighted by molar-refractivity contribution is 6.34. The van der Waals surface area contributed by atoms with Crippen molar-refractivity contribution in [2.75, 3.05) is 13.7 Å². The van der Waals surface area contributed by atoms with Gasteiger partial charge in [0.15, 0.2) is 0 Å². The van der Waals surface area contributed by atoms with E-state index in [4.69, 9.17) is 44.4 Å². The largest absolute Gasteiger partial charge is 0.435 e. The molecule has 2 aromatic carbocycles. The third-order valence-electron chi connectivity index (χ3n) is 4.65. The molecule has 0 aromatic heterocycles. The molecule has 3 rings (SSSR count). The molecule has 0 bridgehead atoms. The molecule has 0 saturated heterocycles. The molecule has 1 amide bonds. The number of hydrogen-bond donors (Lipinski definition) is 1. The standard InChI is InChI=1S/C20H16Cl3F3N2O3/c1-30-10-18(29)27-9-12-4-11(2-3-16(12)23)17-8-19(31-28-17,20(24,25)26)13-5-14(21)7-15(22)6-13/h2-7H,8-10H2,1H3,(H,27,29). The number of rotatable bonds is 6. The second-order valence-electron chi connectivity index (χ2n) is 6.80. The van der Waals surface area contributed by atoms with Gasteiger partial charge in [0.25, 0.3) is 5.60 Å². The summed E-state index contributed by atoms with van der Waals surface area (Å²) in [6, 6.07) is 8.23. The summed E-state index contributed by atoms with van der Waals surface area (Å²) in [5.74, 6) is -0.362. The van der Waals surface area contributed by atoms with Gasteiger partial charge in [-0.1, -0.05) is 46.0 Å². The summed E-state index contributed by atoms with van der Waals surface area (Å²) < 4.78 is 47.1. The quantitative estimate of drug-likeness (QED) is 0.576. The molecule has 0 spiro atoms. The molecule has 0 radical (unpaired) electrons. The highest BCUT2D eigenvalue weighted by Crippen LogP contribution is 2.49. The first-order chi connectivity index (χ1) is 14.6. The van der Waals surface area contributed by atoms with Crippen LogP contribution in [0.1, 0.15) is 23.1 Å². The average molecular weight is 496 g/mol. The molecule has 2 aromatic rings. The van der Waals surface area contributed by atoms with Crippen LogP contribution in [-0.2, 0) is 26.5 Å². The van der Waals surface area contributed by atoms with E-state index in [1.165, 1.54) is 25.3 Å². The number of amides is 1. The molecule has 11 heteroatoms. The van der Waals surface area contributed by atoms with Crippen molar-refractivity contribution >= 4 is 46.4 Å². The van der Waals surface area contributed by atoms with Crippen LogP contribution in [-0.4, -0.2) is 31.5 Å². The van der Waals surface area contributed by atoms with Gasteiger partial charge in [0.2, 0.25) is 5.91 Å². The van der Waals surface area contributed by atoms with Crippen LogP contribution in [0.3, 0.4) is 0 Å². The van der Waals surface area contributed by atoms with E-state index in [0.717, 1.165) is 12.1 Å². The molecule has 1 N–H and O–H groups in total. The molecular formula is C20H16Cl3F3N2O3. The molecule has 0 saturated carbocycles. The van der Waals surface area contributed by atoms with Crippen LogP contribution in [0.2, 0.25) is 15.1 Å². The van der Waals surface area contributed by atoms with Gasteiger partial charge in [-0.05, 0) is 41.5 Å². The molecule has 0 fully saturated rings. The van der Waals surface area contributed by atoms with Crippen LogP contribution in [0.5, 0.6) is 0 Å². The maximum Gasteiger partial charge on any atom is 0.435 e. The lowest BCUT2D eigenvalue weighted by Crippen LogP contribution is -2.42. The number of alkyl halides is 3. The lowest BCUT2D eigenvalue weighted by atomic mass is 9.86. The van der Waals surface area contributed by atoms with Crippen LogP contribution >= 0.6 is 34.8 Å². The summed E-state index contributed by atoms with van der Waals surface area (Å²) in [6.07, 6.45) is -5.39. The van der Waals surface area contributed by atoms with E-state index in [1.807, 2.05) is 0 Å². The fraction of sp³-hybridized carbons (Fsp3) is 0.300. The average Bonchev–Trinajstić information content (AvgIpc) is 3.14. The Hall–Kier alpha value is -2.00. The van der Waals surface area contributed by atoms with Crippen molar-refractivity contribution in [2.45, 2.75) is 24.7 Å². The van der Waals surface area contributed by atoms with Crippen molar-refractivity contribution < 1.29 is 27.5 Å². The molecule has 0 aliphatic carbocycles. The Labute approximate surface area is 191 Å². The number of oxime groups is 1. The van der Waals surface area contributed by atoms with Crippen LogP contribution in [0.4, 0.5) is 13.2 Å². The van der Waals surface area contributed by atoms with E-state index in [0.29, 0.717) is 16.1 Å². The van der Waals surface area contributed by atoms with Crippen LogP contribution in [0.25, 0.3) is 0 Å². The van der Waals surface area contributed by atoms with Gasteiger partial charge in [0, 0.05) is 40.7 Å². The van der Waals surface area contributed by atoms with Crippen LogP contribution < -0.4 is 5.32 Å². The Morgan fingerprint density at radius 2 is 1.87 bits per heavy atom. The zero-order valence-corrected chi connectivity index (χ0v) is 18.3.